The Morgan fingerprint density at radius 2 is 1.74 bits per heavy atom. The van der Waals surface area contributed by atoms with E-state index in [9.17, 15) is 14.4 Å². The van der Waals surface area contributed by atoms with Crippen molar-refractivity contribution in [2.45, 2.75) is 58.9 Å². The molecule has 1 amide bonds. The average molecular weight is 464 g/mol. The third-order valence-corrected chi connectivity index (χ3v) is 5.75. The summed E-state index contributed by atoms with van der Waals surface area (Å²) in [7, 11) is 0. The van der Waals surface area contributed by atoms with E-state index in [0.717, 1.165) is 24.8 Å². The Labute approximate surface area is 200 Å². The summed E-state index contributed by atoms with van der Waals surface area (Å²) in [6.07, 6.45) is 3.45. The molecule has 3 aromatic rings. The summed E-state index contributed by atoms with van der Waals surface area (Å²) >= 11 is 0. The van der Waals surface area contributed by atoms with Gasteiger partial charge < -0.3 is 10.1 Å². The Hall–Kier alpha value is -3.48. The SMILES string of the molecule is CCCCCn1nc(C(=O)OCC(=O)NCCc2ccc(C(C)C)cc2)c2ccccc2c1=O. The lowest BCUT2D eigenvalue weighted by Crippen LogP contribution is -2.31. The van der Waals surface area contributed by atoms with Gasteiger partial charge in [-0.3, -0.25) is 9.59 Å². The van der Waals surface area contributed by atoms with Crippen LogP contribution in [0.4, 0.5) is 0 Å². The molecule has 0 fully saturated rings. The van der Waals surface area contributed by atoms with Crippen LogP contribution in [0.3, 0.4) is 0 Å². The van der Waals surface area contributed by atoms with Crippen molar-refractivity contribution >= 4 is 22.6 Å². The van der Waals surface area contributed by atoms with Crippen LogP contribution in [0.5, 0.6) is 0 Å². The van der Waals surface area contributed by atoms with E-state index in [0.29, 0.717) is 36.2 Å². The van der Waals surface area contributed by atoms with Gasteiger partial charge in [-0.2, -0.15) is 5.10 Å². The van der Waals surface area contributed by atoms with Crippen LogP contribution in [0.25, 0.3) is 10.8 Å². The van der Waals surface area contributed by atoms with Crippen LogP contribution < -0.4 is 10.9 Å². The number of amides is 1. The van der Waals surface area contributed by atoms with Gasteiger partial charge in [0.2, 0.25) is 0 Å². The zero-order valence-corrected chi connectivity index (χ0v) is 20.2. The number of fused-ring (bicyclic) bond motifs is 1. The second-order valence-electron chi connectivity index (χ2n) is 8.70. The van der Waals surface area contributed by atoms with E-state index in [1.807, 2.05) is 0 Å². The molecule has 0 atom stereocenters. The van der Waals surface area contributed by atoms with Crippen molar-refractivity contribution in [1.82, 2.24) is 15.1 Å². The Morgan fingerprint density at radius 1 is 1.03 bits per heavy atom. The number of aryl methyl sites for hydroxylation is 1. The molecule has 3 rings (SSSR count). The molecule has 0 aliphatic carbocycles. The highest BCUT2D eigenvalue weighted by atomic mass is 16.5. The van der Waals surface area contributed by atoms with Crippen LogP contribution in [0.1, 0.15) is 67.6 Å². The standard InChI is InChI=1S/C27H33N3O4/c1-4-5-8-17-30-26(32)23-10-7-6-9-22(23)25(29-30)27(33)34-18-24(31)28-16-15-20-11-13-21(14-12-20)19(2)3/h6-7,9-14,19H,4-5,8,15-18H2,1-3H3,(H,28,31). The van der Waals surface area contributed by atoms with Gasteiger partial charge in [-0.05, 0) is 36.0 Å². The molecule has 0 spiro atoms. The number of nitrogens with one attached hydrogen (secondary N) is 1. The highest BCUT2D eigenvalue weighted by Gasteiger charge is 2.19. The molecule has 1 N–H and O–H groups in total. The van der Waals surface area contributed by atoms with Crippen LogP contribution in [-0.4, -0.2) is 34.8 Å². The molecule has 0 radical (unpaired) electrons. The summed E-state index contributed by atoms with van der Waals surface area (Å²) in [4.78, 5) is 37.7. The minimum Gasteiger partial charge on any atom is -0.451 e. The quantitative estimate of drug-likeness (QED) is 0.340. The van der Waals surface area contributed by atoms with Crippen LogP contribution in [0.2, 0.25) is 0 Å². The summed E-state index contributed by atoms with van der Waals surface area (Å²) in [6, 6.07) is 15.2. The molecule has 0 unspecified atom stereocenters. The number of carbonyl (C=O) groups excluding carboxylic acids is 2. The fraction of sp³-hybridized carbons (Fsp3) is 0.407. The summed E-state index contributed by atoms with van der Waals surface area (Å²) in [5.41, 5.74) is 2.22. The van der Waals surface area contributed by atoms with E-state index < -0.39 is 12.6 Å². The fourth-order valence-electron chi connectivity index (χ4n) is 3.71. The number of benzene rings is 2. The first kappa shape index (κ1) is 25.1. The first-order valence-electron chi connectivity index (χ1n) is 11.9. The van der Waals surface area contributed by atoms with Crippen LogP contribution in [0.15, 0.2) is 53.3 Å². The molecule has 1 aromatic heterocycles. The molecule has 34 heavy (non-hydrogen) atoms. The number of nitrogens with zero attached hydrogens (tertiary/aromatic N) is 2. The summed E-state index contributed by atoms with van der Waals surface area (Å²) in [5, 5.41) is 7.88. The first-order valence-corrected chi connectivity index (χ1v) is 11.9. The Balaban J connectivity index is 1.59. The van der Waals surface area contributed by atoms with Crippen molar-refractivity contribution in [3.8, 4) is 0 Å². The Bertz CT molecular complexity index is 1180. The van der Waals surface area contributed by atoms with Gasteiger partial charge in [0.15, 0.2) is 12.3 Å². The highest BCUT2D eigenvalue weighted by molar-refractivity contribution is 6.02. The van der Waals surface area contributed by atoms with Gasteiger partial charge in [-0.15, -0.1) is 0 Å². The highest BCUT2D eigenvalue weighted by Crippen LogP contribution is 2.16. The molecule has 0 bridgehead atoms. The van der Waals surface area contributed by atoms with Crippen molar-refractivity contribution in [1.29, 1.82) is 0 Å². The second kappa shape index (κ2) is 12.1. The molecule has 7 heteroatoms. The number of aromatic nitrogens is 2. The molecule has 1 heterocycles. The zero-order valence-electron chi connectivity index (χ0n) is 20.2. The second-order valence-corrected chi connectivity index (χ2v) is 8.70. The number of unbranched alkanes of at least 4 members (excludes halogenated alkanes) is 2. The Morgan fingerprint density at radius 3 is 2.41 bits per heavy atom. The number of hydrogen-bond acceptors (Lipinski definition) is 5. The smallest absolute Gasteiger partial charge is 0.359 e. The number of ether oxygens (including phenoxy) is 1. The van der Waals surface area contributed by atoms with E-state index in [2.05, 4.69) is 55.5 Å². The van der Waals surface area contributed by atoms with Crippen molar-refractivity contribution in [3.05, 3.63) is 75.7 Å². The van der Waals surface area contributed by atoms with Crippen LogP contribution in [0, 0.1) is 0 Å². The van der Waals surface area contributed by atoms with E-state index >= 15 is 0 Å². The summed E-state index contributed by atoms with van der Waals surface area (Å²) in [5.74, 6) is -0.627. The largest absolute Gasteiger partial charge is 0.451 e. The van der Waals surface area contributed by atoms with Crippen molar-refractivity contribution in [2.24, 2.45) is 0 Å². The van der Waals surface area contributed by atoms with Crippen LogP contribution >= 0.6 is 0 Å². The predicted octanol–water partition coefficient (Wildman–Crippen LogP) is 4.23. The molecule has 2 aromatic carbocycles. The minimum absolute atomic E-state index is 0.0461. The molecule has 0 saturated heterocycles. The first-order chi connectivity index (χ1) is 16.4. The van der Waals surface area contributed by atoms with Gasteiger partial charge >= 0.3 is 5.97 Å². The van der Waals surface area contributed by atoms with E-state index in [1.165, 1.54) is 10.2 Å². The third-order valence-electron chi connectivity index (χ3n) is 5.75. The molecular formula is C27H33N3O4. The van der Waals surface area contributed by atoms with Crippen molar-refractivity contribution in [2.75, 3.05) is 13.2 Å². The lowest BCUT2D eigenvalue weighted by atomic mass is 10.0. The van der Waals surface area contributed by atoms with Crippen molar-refractivity contribution in [3.63, 3.8) is 0 Å². The van der Waals surface area contributed by atoms with Crippen molar-refractivity contribution < 1.29 is 14.3 Å². The molecule has 7 nitrogen and oxygen atoms in total. The fourth-order valence-corrected chi connectivity index (χ4v) is 3.71. The van der Waals surface area contributed by atoms with E-state index in [1.54, 1.807) is 24.3 Å². The van der Waals surface area contributed by atoms with Gasteiger partial charge in [-0.25, -0.2) is 9.48 Å². The summed E-state index contributed by atoms with van der Waals surface area (Å²) < 4.78 is 6.55. The molecular weight excluding hydrogens is 430 g/mol. The molecule has 0 saturated carbocycles. The zero-order chi connectivity index (χ0) is 24.5. The van der Waals surface area contributed by atoms with Gasteiger partial charge in [0.1, 0.15) is 0 Å². The number of rotatable bonds is 11. The maximum absolute atomic E-state index is 12.8. The number of hydrogen-bond donors (Lipinski definition) is 1. The number of carbonyl (C=O) groups is 2. The topological polar surface area (TPSA) is 90.3 Å². The minimum atomic E-state index is -0.722. The monoisotopic (exact) mass is 463 g/mol. The maximum atomic E-state index is 12.8. The van der Waals surface area contributed by atoms with Crippen LogP contribution in [-0.2, 0) is 22.5 Å². The lowest BCUT2D eigenvalue weighted by molar-refractivity contribution is -0.124. The normalized spacial score (nSPS) is 11.1. The van der Waals surface area contributed by atoms with E-state index in [4.69, 9.17) is 4.74 Å². The third kappa shape index (κ3) is 6.53. The van der Waals surface area contributed by atoms with E-state index in [-0.39, 0.29) is 17.2 Å². The maximum Gasteiger partial charge on any atom is 0.359 e. The van der Waals surface area contributed by atoms with Gasteiger partial charge in [-0.1, -0.05) is 76.1 Å². The average Bonchev–Trinajstić information content (AvgIpc) is 2.84. The summed E-state index contributed by atoms with van der Waals surface area (Å²) in [6.45, 7) is 6.84. The molecule has 0 aliphatic heterocycles. The molecule has 0 aliphatic rings. The van der Waals surface area contributed by atoms with Gasteiger partial charge in [0.05, 0.1) is 5.39 Å². The number of esters is 1. The van der Waals surface area contributed by atoms with Gasteiger partial charge in [0, 0.05) is 18.5 Å². The predicted molar refractivity (Wildman–Crippen MR) is 133 cm³/mol. The Kier molecular flexibility index (Phi) is 8.96. The molecule has 180 valence electrons. The van der Waals surface area contributed by atoms with Gasteiger partial charge in [0.25, 0.3) is 11.5 Å². The lowest BCUT2D eigenvalue weighted by Gasteiger charge is -2.11.